The summed E-state index contributed by atoms with van der Waals surface area (Å²) in [6.45, 7) is 0. The average molecular weight is 362 g/mol. The average Bonchev–Trinajstić information content (AvgIpc) is 2.54. The van der Waals surface area contributed by atoms with Gasteiger partial charge in [-0.25, -0.2) is 9.18 Å². The molecule has 0 aliphatic heterocycles. The first kappa shape index (κ1) is 17.7. The normalized spacial score (nSPS) is 12.1. The van der Waals surface area contributed by atoms with Crippen LogP contribution in [-0.2, 0) is 11.0 Å². The van der Waals surface area contributed by atoms with Gasteiger partial charge < -0.3 is 10.6 Å². The van der Waals surface area contributed by atoms with Crippen LogP contribution in [0.2, 0.25) is 5.02 Å². The van der Waals surface area contributed by atoms with Crippen molar-refractivity contribution >= 4 is 23.4 Å². The third-order valence-corrected chi connectivity index (χ3v) is 3.05. The molecule has 0 saturated heterocycles. The molecule has 0 fully saturated rings. The van der Waals surface area contributed by atoms with E-state index < -0.39 is 34.1 Å². The highest BCUT2D eigenvalue weighted by Crippen LogP contribution is 2.35. The summed E-state index contributed by atoms with van der Waals surface area (Å²) in [5.41, 5.74) is 2.68. The fraction of sp³-hybridized carbons (Fsp3) is 0.0714. The molecule has 126 valence electrons. The van der Waals surface area contributed by atoms with Crippen LogP contribution in [0.1, 0.15) is 21.6 Å². The second kappa shape index (κ2) is 6.83. The number of oxime groups is 1. The molecular weight excluding hydrogens is 354 g/mol. The Balaban J connectivity index is 2.35. The molecule has 0 bridgehead atoms. The zero-order chi connectivity index (χ0) is 17.9. The molecule has 1 heterocycles. The Kier molecular flexibility index (Phi) is 5.03. The summed E-state index contributed by atoms with van der Waals surface area (Å²) in [7, 11) is 0. The SMILES string of the molecule is N/C(=N\OC(=O)c1c(C(F)(F)F)ccc(Cl)c1F)c1ccccn1. The highest BCUT2D eigenvalue weighted by molar-refractivity contribution is 6.31. The number of aromatic nitrogens is 1. The molecule has 2 aromatic rings. The molecule has 0 aliphatic carbocycles. The largest absolute Gasteiger partial charge is 0.417 e. The van der Waals surface area contributed by atoms with Crippen molar-refractivity contribution in [2.24, 2.45) is 10.9 Å². The van der Waals surface area contributed by atoms with Gasteiger partial charge in [-0.1, -0.05) is 22.8 Å². The zero-order valence-electron chi connectivity index (χ0n) is 11.6. The van der Waals surface area contributed by atoms with E-state index in [-0.39, 0.29) is 11.5 Å². The molecule has 5 nitrogen and oxygen atoms in total. The van der Waals surface area contributed by atoms with Crippen LogP contribution in [0.15, 0.2) is 41.7 Å². The fourth-order valence-electron chi connectivity index (χ4n) is 1.68. The summed E-state index contributed by atoms with van der Waals surface area (Å²) in [5, 5.41) is 2.50. The molecule has 2 rings (SSSR count). The zero-order valence-corrected chi connectivity index (χ0v) is 12.4. The lowest BCUT2D eigenvalue weighted by Gasteiger charge is -2.12. The van der Waals surface area contributed by atoms with Crippen molar-refractivity contribution in [3.8, 4) is 0 Å². The van der Waals surface area contributed by atoms with Crippen molar-refractivity contribution in [1.29, 1.82) is 0 Å². The molecule has 1 aromatic heterocycles. The van der Waals surface area contributed by atoms with Crippen molar-refractivity contribution in [2.45, 2.75) is 6.18 Å². The maximum Gasteiger partial charge on any atom is 0.417 e. The summed E-state index contributed by atoms with van der Waals surface area (Å²) >= 11 is 5.42. The summed E-state index contributed by atoms with van der Waals surface area (Å²) in [6.07, 6.45) is -3.62. The van der Waals surface area contributed by atoms with E-state index in [4.69, 9.17) is 17.3 Å². The molecule has 0 saturated carbocycles. The first-order chi connectivity index (χ1) is 11.2. The number of carbonyl (C=O) groups is 1. The molecule has 0 spiro atoms. The lowest BCUT2D eigenvalue weighted by Crippen LogP contribution is -2.19. The number of halogens is 5. The van der Waals surface area contributed by atoms with Gasteiger partial charge in [-0.15, -0.1) is 0 Å². The predicted octanol–water partition coefficient (Wildman–Crippen LogP) is 3.37. The van der Waals surface area contributed by atoms with Gasteiger partial charge in [0.15, 0.2) is 11.7 Å². The van der Waals surface area contributed by atoms with Gasteiger partial charge in [0.05, 0.1) is 10.6 Å². The third kappa shape index (κ3) is 3.80. The van der Waals surface area contributed by atoms with Gasteiger partial charge in [-0.05, 0) is 24.3 Å². The quantitative estimate of drug-likeness (QED) is 0.299. The van der Waals surface area contributed by atoms with Crippen molar-refractivity contribution in [3.05, 3.63) is 64.2 Å². The van der Waals surface area contributed by atoms with E-state index in [1.807, 2.05) is 0 Å². The van der Waals surface area contributed by atoms with Gasteiger partial charge >= 0.3 is 12.1 Å². The number of hydrogen-bond acceptors (Lipinski definition) is 4. The molecule has 24 heavy (non-hydrogen) atoms. The number of carbonyl (C=O) groups excluding carboxylic acids is 1. The molecule has 0 radical (unpaired) electrons. The highest BCUT2D eigenvalue weighted by Gasteiger charge is 2.38. The van der Waals surface area contributed by atoms with Crippen LogP contribution in [0.25, 0.3) is 0 Å². The molecule has 0 amide bonds. The van der Waals surface area contributed by atoms with E-state index in [0.717, 1.165) is 0 Å². The van der Waals surface area contributed by atoms with Crippen LogP contribution in [-0.4, -0.2) is 16.8 Å². The molecule has 10 heteroatoms. The number of pyridine rings is 1. The van der Waals surface area contributed by atoms with E-state index in [2.05, 4.69) is 15.0 Å². The Hall–Kier alpha value is -2.68. The Labute approximate surface area is 137 Å². The summed E-state index contributed by atoms with van der Waals surface area (Å²) < 4.78 is 52.6. The molecular formula is C14H8ClF4N3O2. The summed E-state index contributed by atoms with van der Waals surface area (Å²) in [6, 6.07) is 5.72. The first-order valence-electron chi connectivity index (χ1n) is 6.23. The monoisotopic (exact) mass is 361 g/mol. The Morgan fingerprint density at radius 2 is 1.96 bits per heavy atom. The Morgan fingerprint density at radius 3 is 2.54 bits per heavy atom. The minimum absolute atomic E-state index is 0.118. The highest BCUT2D eigenvalue weighted by atomic mass is 35.5. The van der Waals surface area contributed by atoms with Crippen molar-refractivity contribution in [1.82, 2.24) is 4.98 Å². The number of amidine groups is 1. The minimum atomic E-state index is -4.99. The molecule has 0 aliphatic rings. The van der Waals surface area contributed by atoms with Crippen molar-refractivity contribution in [2.75, 3.05) is 0 Å². The minimum Gasteiger partial charge on any atom is -0.379 e. The lowest BCUT2D eigenvalue weighted by atomic mass is 10.1. The van der Waals surface area contributed by atoms with Gasteiger partial charge in [0, 0.05) is 6.20 Å². The molecule has 2 N–H and O–H groups in total. The molecule has 0 unspecified atom stereocenters. The van der Waals surface area contributed by atoms with Crippen LogP contribution in [0.3, 0.4) is 0 Å². The van der Waals surface area contributed by atoms with Gasteiger partial charge in [0.25, 0.3) is 0 Å². The summed E-state index contributed by atoms with van der Waals surface area (Å²) in [4.78, 5) is 19.9. The number of alkyl halides is 3. The number of rotatable bonds is 3. The standard InChI is InChI=1S/C14H8ClF4N3O2/c15-8-5-4-7(14(17,18)19)10(11(8)16)13(23)24-22-12(20)9-3-1-2-6-21-9/h1-6H,(H2,20,22). The fourth-order valence-corrected chi connectivity index (χ4v) is 1.84. The second-order valence-corrected chi connectivity index (χ2v) is 4.76. The van der Waals surface area contributed by atoms with E-state index in [1.54, 1.807) is 12.1 Å². The van der Waals surface area contributed by atoms with Crippen LogP contribution >= 0.6 is 11.6 Å². The molecule has 1 aromatic carbocycles. The third-order valence-electron chi connectivity index (χ3n) is 2.76. The second-order valence-electron chi connectivity index (χ2n) is 4.35. The van der Waals surface area contributed by atoms with Gasteiger partial charge in [0.2, 0.25) is 0 Å². The number of nitrogens with two attached hydrogens (primary N) is 1. The van der Waals surface area contributed by atoms with Gasteiger partial charge in [-0.2, -0.15) is 13.2 Å². The van der Waals surface area contributed by atoms with Crippen LogP contribution in [0.5, 0.6) is 0 Å². The Bertz CT molecular complexity index is 795. The number of benzene rings is 1. The van der Waals surface area contributed by atoms with E-state index in [0.29, 0.717) is 12.1 Å². The van der Waals surface area contributed by atoms with Crippen LogP contribution in [0, 0.1) is 5.82 Å². The van der Waals surface area contributed by atoms with E-state index in [1.165, 1.54) is 12.3 Å². The first-order valence-corrected chi connectivity index (χ1v) is 6.61. The van der Waals surface area contributed by atoms with Gasteiger partial charge in [0.1, 0.15) is 11.3 Å². The van der Waals surface area contributed by atoms with E-state index in [9.17, 15) is 22.4 Å². The van der Waals surface area contributed by atoms with Crippen molar-refractivity contribution < 1.29 is 27.2 Å². The van der Waals surface area contributed by atoms with Crippen LogP contribution < -0.4 is 5.73 Å². The lowest BCUT2D eigenvalue weighted by molar-refractivity contribution is -0.138. The van der Waals surface area contributed by atoms with Crippen molar-refractivity contribution in [3.63, 3.8) is 0 Å². The van der Waals surface area contributed by atoms with E-state index >= 15 is 0 Å². The topological polar surface area (TPSA) is 77.6 Å². The Morgan fingerprint density at radius 1 is 1.25 bits per heavy atom. The predicted molar refractivity (Wildman–Crippen MR) is 76.8 cm³/mol. The summed E-state index contributed by atoms with van der Waals surface area (Å²) in [5.74, 6) is -3.63. The number of nitrogens with zero attached hydrogens (tertiary/aromatic N) is 2. The maximum atomic E-state index is 13.9. The van der Waals surface area contributed by atoms with Crippen LogP contribution in [0.4, 0.5) is 17.6 Å². The number of hydrogen-bond donors (Lipinski definition) is 1. The molecule has 0 atom stereocenters. The smallest absolute Gasteiger partial charge is 0.379 e. The maximum absolute atomic E-state index is 13.9. The van der Waals surface area contributed by atoms with Gasteiger partial charge in [-0.3, -0.25) is 4.98 Å².